The van der Waals surface area contributed by atoms with Gasteiger partial charge in [0.2, 0.25) is 0 Å². The number of aliphatic hydroxyl groups excluding tert-OH is 1. The summed E-state index contributed by atoms with van der Waals surface area (Å²) in [6.45, 7) is 4.94. The number of nitrogens with two attached hydrogens (primary N) is 1. The number of allylic oxidation sites excluding steroid dienone is 1. The lowest BCUT2D eigenvalue weighted by Crippen LogP contribution is -2.56. The number of phenols is 1. The molecule has 2 bridgehead atoms. The minimum atomic E-state index is -0.618. The zero-order chi connectivity index (χ0) is 23.2. The average Bonchev–Trinajstić information content (AvgIpc) is 2.78. The Morgan fingerprint density at radius 3 is 2.62 bits per heavy atom. The van der Waals surface area contributed by atoms with Crippen LogP contribution in [0.4, 0.5) is 4.39 Å². The summed E-state index contributed by atoms with van der Waals surface area (Å²) in [5.74, 6) is 1.50. The first-order valence-corrected chi connectivity index (χ1v) is 13.2. The second kappa shape index (κ2) is 11.4. The van der Waals surface area contributed by atoms with Gasteiger partial charge in [0, 0.05) is 11.3 Å². The number of aromatic hydroxyl groups is 1. The molecule has 1 heterocycles. The quantitative estimate of drug-likeness (QED) is 0.271. The van der Waals surface area contributed by atoms with Crippen molar-refractivity contribution in [1.82, 2.24) is 0 Å². The van der Waals surface area contributed by atoms with Crippen LogP contribution in [0, 0.1) is 17.2 Å². The van der Waals surface area contributed by atoms with Gasteiger partial charge in [0.05, 0.1) is 18.3 Å². The van der Waals surface area contributed by atoms with Crippen LogP contribution in [0.3, 0.4) is 0 Å². The van der Waals surface area contributed by atoms with Crippen LogP contribution in [-0.4, -0.2) is 40.5 Å². The second-order valence-corrected chi connectivity index (χ2v) is 11.1. The molecular weight excluding hydrogens is 425 g/mol. The molecule has 1 aromatic carbocycles. The summed E-state index contributed by atoms with van der Waals surface area (Å²) >= 11 is 2.02. The van der Waals surface area contributed by atoms with Gasteiger partial charge in [-0.05, 0) is 88.1 Å². The number of rotatable bonds is 12. The van der Waals surface area contributed by atoms with Crippen molar-refractivity contribution in [3.8, 4) is 5.75 Å². The van der Waals surface area contributed by atoms with Crippen LogP contribution in [0.5, 0.6) is 5.75 Å². The molecule has 0 saturated carbocycles. The molecule has 2 aliphatic rings. The molecule has 180 valence electrons. The highest BCUT2D eigenvalue weighted by Crippen LogP contribution is 2.58. The molecule has 1 aliphatic heterocycles. The predicted molar refractivity (Wildman–Crippen MR) is 130 cm³/mol. The van der Waals surface area contributed by atoms with E-state index in [1.807, 2.05) is 25.6 Å². The molecule has 3 atom stereocenters. The molecule has 4 nitrogen and oxygen atoms in total. The summed E-state index contributed by atoms with van der Waals surface area (Å²) < 4.78 is 20.7. The van der Waals surface area contributed by atoms with Crippen molar-refractivity contribution in [2.75, 3.05) is 24.7 Å². The zero-order valence-corrected chi connectivity index (χ0v) is 20.4. The molecule has 1 fully saturated rings. The molecule has 1 aliphatic carbocycles. The van der Waals surface area contributed by atoms with Crippen molar-refractivity contribution in [2.24, 2.45) is 17.1 Å². The summed E-state index contributed by atoms with van der Waals surface area (Å²) in [6, 6.07) is 4.57. The van der Waals surface area contributed by atoms with Crippen LogP contribution in [0.25, 0.3) is 0 Å². The largest absolute Gasteiger partial charge is 0.505 e. The number of thioether (sulfide) groups is 1. The first kappa shape index (κ1) is 25.5. The summed E-state index contributed by atoms with van der Waals surface area (Å²) in [4.78, 5) is 0. The Morgan fingerprint density at radius 1 is 1.16 bits per heavy atom. The Kier molecular flexibility index (Phi) is 9.07. The fourth-order valence-corrected chi connectivity index (χ4v) is 6.18. The Hall–Kier alpha value is -1.08. The van der Waals surface area contributed by atoms with Gasteiger partial charge in [-0.15, -0.1) is 0 Å². The SMILES string of the molecule is CC1(C)OC(c2ccc(O)c(F)c2)C2CC1(CO)CC=C2CCCSCCCCCCN. The monoisotopic (exact) mass is 465 g/mol. The molecule has 0 spiro atoms. The molecule has 1 aromatic rings. The van der Waals surface area contributed by atoms with Gasteiger partial charge in [-0.1, -0.05) is 30.6 Å². The number of phenolic OH excluding ortho intramolecular Hbond substituents is 1. The van der Waals surface area contributed by atoms with Crippen LogP contribution in [0.2, 0.25) is 0 Å². The summed E-state index contributed by atoms with van der Waals surface area (Å²) in [6.07, 6.45) is 10.7. The highest BCUT2D eigenvalue weighted by atomic mass is 32.2. The highest BCUT2D eigenvalue weighted by molar-refractivity contribution is 7.99. The normalized spacial score (nSPS) is 26.7. The van der Waals surface area contributed by atoms with Crippen molar-refractivity contribution < 1.29 is 19.3 Å². The third kappa shape index (κ3) is 5.69. The van der Waals surface area contributed by atoms with E-state index in [0.29, 0.717) is 0 Å². The third-order valence-corrected chi connectivity index (χ3v) is 8.66. The van der Waals surface area contributed by atoms with E-state index in [4.69, 9.17) is 10.5 Å². The topological polar surface area (TPSA) is 75.7 Å². The molecule has 0 aromatic heterocycles. The van der Waals surface area contributed by atoms with Gasteiger partial charge in [0.25, 0.3) is 0 Å². The Labute approximate surface area is 196 Å². The number of ether oxygens (including phenoxy) is 1. The highest BCUT2D eigenvalue weighted by Gasteiger charge is 2.55. The molecule has 4 N–H and O–H groups in total. The van der Waals surface area contributed by atoms with Crippen LogP contribution in [-0.2, 0) is 4.74 Å². The van der Waals surface area contributed by atoms with E-state index in [1.165, 1.54) is 42.7 Å². The molecule has 0 radical (unpaired) electrons. The Bertz CT molecular complexity index is 784. The molecule has 0 amide bonds. The van der Waals surface area contributed by atoms with Gasteiger partial charge >= 0.3 is 0 Å². The van der Waals surface area contributed by atoms with Gasteiger partial charge in [-0.25, -0.2) is 4.39 Å². The molecule has 32 heavy (non-hydrogen) atoms. The smallest absolute Gasteiger partial charge is 0.165 e. The van der Waals surface area contributed by atoms with E-state index in [1.54, 1.807) is 6.07 Å². The van der Waals surface area contributed by atoms with Crippen LogP contribution < -0.4 is 5.73 Å². The van der Waals surface area contributed by atoms with Crippen molar-refractivity contribution in [3.05, 3.63) is 41.2 Å². The third-order valence-electron chi connectivity index (χ3n) is 7.51. The van der Waals surface area contributed by atoms with Crippen molar-refractivity contribution >= 4 is 11.8 Å². The average molecular weight is 466 g/mol. The van der Waals surface area contributed by atoms with Crippen LogP contribution in [0.15, 0.2) is 29.8 Å². The van der Waals surface area contributed by atoms with Crippen LogP contribution in [0.1, 0.15) is 76.9 Å². The minimum absolute atomic E-state index is 0.0803. The van der Waals surface area contributed by atoms with Crippen molar-refractivity contribution in [3.63, 3.8) is 0 Å². The van der Waals surface area contributed by atoms with E-state index in [0.717, 1.165) is 50.0 Å². The summed E-state index contributed by atoms with van der Waals surface area (Å²) in [5, 5.41) is 19.9. The number of hydrogen-bond acceptors (Lipinski definition) is 5. The fraction of sp³-hybridized carbons (Fsp3) is 0.692. The maximum Gasteiger partial charge on any atom is 0.165 e. The van der Waals surface area contributed by atoms with Gasteiger partial charge in [0.15, 0.2) is 11.6 Å². The van der Waals surface area contributed by atoms with Crippen molar-refractivity contribution in [2.45, 2.75) is 76.9 Å². The molecule has 1 saturated heterocycles. The predicted octanol–water partition coefficient (Wildman–Crippen LogP) is 5.73. The summed E-state index contributed by atoms with van der Waals surface area (Å²) in [7, 11) is 0. The first-order valence-electron chi connectivity index (χ1n) is 12.1. The zero-order valence-electron chi connectivity index (χ0n) is 19.6. The minimum Gasteiger partial charge on any atom is -0.505 e. The molecular formula is C26H40FNO3S. The molecule has 6 heteroatoms. The van der Waals surface area contributed by atoms with Gasteiger partial charge < -0.3 is 20.7 Å². The fourth-order valence-electron chi connectivity index (χ4n) is 5.22. The number of unbranched alkanes of at least 4 members (excludes halogenated alkanes) is 3. The van der Waals surface area contributed by atoms with E-state index in [-0.39, 0.29) is 29.8 Å². The lowest BCUT2D eigenvalue weighted by molar-refractivity contribution is -0.223. The Morgan fingerprint density at radius 2 is 1.91 bits per heavy atom. The Balaban J connectivity index is 1.64. The van der Waals surface area contributed by atoms with Gasteiger partial charge in [-0.2, -0.15) is 11.8 Å². The lowest BCUT2D eigenvalue weighted by atomic mass is 9.58. The van der Waals surface area contributed by atoms with E-state index >= 15 is 0 Å². The number of hydrogen-bond donors (Lipinski definition) is 3. The van der Waals surface area contributed by atoms with E-state index in [9.17, 15) is 14.6 Å². The molecule has 3 unspecified atom stereocenters. The number of benzene rings is 1. The van der Waals surface area contributed by atoms with Crippen LogP contribution >= 0.6 is 11.8 Å². The second-order valence-electron chi connectivity index (χ2n) is 9.91. The van der Waals surface area contributed by atoms with Gasteiger partial charge in [0.1, 0.15) is 0 Å². The standard InChI is InChI=1S/C26H40FNO3S/c1-25(2)26(18-29)12-11-19(8-7-15-32-14-6-4-3-5-13-28)21(17-26)24(31-25)20-9-10-23(30)22(27)16-20/h9-11,16,21,24,29-30H,3-8,12-15,17-18,28H2,1-2H3. The number of aliphatic hydroxyl groups is 1. The molecule has 3 rings (SSSR count). The van der Waals surface area contributed by atoms with Crippen molar-refractivity contribution in [1.29, 1.82) is 0 Å². The van der Waals surface area contributed by atoms with E-state index in [2.05, 4.69) is 6.08 Å². The summed E-state index contributed by atoms with van der Waals surface area (Å²) in [5.41, 5.74) is 6.82. The maximum absolute atomic E-state index is 14.1. The maximum atomic E-state index is 14.1. The first-order chi connectivity index (χ1) is 15.3. The van der Waals surface area contributed by atoms with Gasteiger partial charge in [-0.3, -0.25) is 0 Å². The number of fused-ring (bicyclic) bond motifs is 2. The number of halogens is 1. The lowest BCUT2D eigenvalue weighted by Gasteiger charge is -2.57. The van der Waals surface area contributed by atoms with E-state index < -0.39 is 11.4 Å².